The lowest BCUT2D eigenvalue weighted by Gasteiger charge is -2.35. The maximum atomic E-state index is 6.53. The summed E-state index contributed by atoms with van der Waals surface area (Å²) in [6.45, 7) is 0. The Balaban J connectivity index is 0.952. The molecule has 0 atom stereocenters. The van der Waals surface area contributed by atoms with Crippen LogP contribution < -0.4 is 4.90 Å². The highest BCUT2D eigenvalue weighted by Gasteiger charge is 2.46. The van der Waals surface area contributed by atoms with Crippen molar-refractivity contribution >= 4 is 49.8 Å². The zero-order chi connectivity index (χ0) is 44.3. The molecule has 0 fully saturated rings. The third kappa shape index (κ3) is 6.33. The van der Waals surface area contributed by atoms with Crippen LogP contribution >= 0.6 is 0 Å². The topological polar surface area (TPSA) is 16.4 Å². The molecule has 0 radical (unpaired) electrons. The van der Waals surface area contributed by atoms with Gasteiger partial charge in [0.25, 0.3) is 0 Å². The fourth-order valence-corrected chi connectivity index (χ4v) is 10.9. The average Bonchev–Trinajstić information content (AvgIpc) is 3.94. The second kappa shape index (κ2) is 15.8. The summed E-state index contributed by atoms with van der Waals surface area (Å²) in [5.41, 5.74) is 19.1. The Morgan fingerprint density at radius 2 is 0.851 bits per heavy atom. The molecule has 0 unspecified atom stereocenters. The summed E-state index contributed by atoms with van der Waals surface area (Å²) in [5, 5.41) is 4.68. The highest BCUT2D eigenvalue weighted by molar-refractivity contribution is 6.13. The normalized spacial score (nSPS) is 12.6. The lowest BCUT2D eigenvalue weighted by molar-refractivity contribution is 0.669. The fourth-order valence-electron chi connectivity index (χ4n) is 10.9. The number of hydrogen-bond acceptors (Lipinski definition) is 2. The van der Waals surface area contributed by atoms with Crippen LogP contribution in [-0.2, 0) is 5.41 Å². The highest BCUT2D eigenvalue weighted by atomic mass is 16.3. The van der Waals surface area contributed by atoms with E-state index < -0.39 is 5.41 Å². The summed E-state index contributed by atoms with van der Waals surface area (Å²) in [4.78, 5) is 2.42. The predicted molar refractivity (Wildman–Crippen MR) is 280 cm³/mol. The molecule has 0 bridgehead atoms. The zero-order valence-electron chi connectivity index (χ0n) is 36.7. The molecule has 1 aliphatic carbocycles. The van der Waals surface area contributed by atoms with E-state index in [0.29, 0.717) is 0 Å². The van der Waals surface area contributed by atoms with Gasteiger partial charge in [-0.3, -0.25) is 0 Å². The van der Waals surface area contributed by atoms with E-state index in [1.165, 1.54) is 72.0 Å². The zero-order valence-corrected chi connectivity index (χ0v) is 36.7. The van der Waals surface area contributed by atoms with Crippen molar-refractivity contribution in [3.05, 3.63) is 283 Å². The summed E-state index contributed by atoms with van der Waals surface area (Å²) < 4.78 is 6.53. The monoisotopic (exact) mass is 853 g/mol. The van der Waals surface area contributed by atoms with Crippen molar-refractivity contribution in [2.24, 2.45) is 0 Å². The number of fused-ring (bicyclic) bond motifs is 7. The summed E-state index contributed by atoms with van der Waals surface area (Å²) >= 11 is 0. The second-order valence-corrected chi connectivity index (χ2v) is 17.6. The largest absolute Gasteiger partial charge is 0.456 e. The first kappa shape index (κ1) is 38.7. The molecule has 314 valence electrons. The minimum Gasteiger partial charge on any atom is -0.456 e. The van der Waals surface area contributed by atoms with Crippen LogP contribution in [0.2, 0.25) is 0 Å². The van der Waals surface area contributed by atoms with Gasteiger partial charge in [-0.25, -0.2) is 0 Å². The van der Waals surface area contributed by atoms with Gasteiger partial charge in [-0.15, -0.1) is 0 Å². The van der Waals surface area contributed by atoms with Gasteiger partial charge >= 0.3 is 0 Å². The number of nitrogens with zero attached hydrogens (tertiary/aromatic N) is 1. The number of hydrogen-bond donors (Lipinski definition) is 0. The molecule has 0 saturated heterocycles. The Kier molecular flexibility index (Phi) is 9.11. The lowest BCUT2D eigenvalue weighted by Crippen LogP contribution is -2.28. The van der Waals surface area contributed by atoms with Crippen molar-refractivity contribution in [2.75, 3.05) is 4.90 Å². The molecule has 2 heteroatoms. The van der Waals surface area contributed by atoms with Gasteiger partial charge < -0.3 is 9.32 Å². The van der Waals surface area contributed by atoms with E-state index in [4.69, 9.17) is 4.42 Å². The SMILES string of the molecule is c1ccc(C2(c3ccccc3)c3ccccc3-c3ccc(N(c4ccc(-c5cccc(-c6cccc(-c7ccc8ccccc8c7)c6)c5)cc4)c4cccc5oc6ccccc6c45)cc32)cc1. The van der Waals surface area contributed by atoms with Gasteiger partial charge in [-0.1, -0.05) is 200 Å². The van der Waals surface area contributed by atoms with Crippen LogP contribution in [0.3, 0.4) is 0 Å². The molecular weight excluding hydrogens is 811 g/mol. The van der Waals surface area contributed by atoms with Crippen molar-refractivity contribution in [1.82, 2.24) is 0 Å². The molecule has 11 aromatic carbocycles. The van der Waals surface area contributed by atoms with Crippen LogP contribution in [0, 0.1) is 0 Å². The predicted octanol–water partition coefficient (Wildman–Crippen LogP) is 17.6. The van der Waals surface area contributed by atoms with Crippen LogP contribution in [-0.4, -0.2) is 0 Å². The van der Waals surface area contributed by atoms with Gasteiger partial charge in [-0.05, 0) is 138 Å². The van der Waals surface area contributed by atoms with E-state index in [9.17, 15) is 0 Å². The standard InChI is InChI=1S/C65H43NO/c1-3-22-52(23-4-1)65(53-24-5-2-6-25-53)59-28-11-9-26-56(59)57-39-38-55(43-60(57)65)66(61-29-15-31-63-64(61)58-27-10-12-30-62(58)67-63)54-36-34-45(35-37-54)47-18-13-19-48(40-47)49-20-14-21-50(42-49)51-33-32-44-16-7-8-17-46(44)41-51/h1-43H. The average molecular weight is 854 g/mol. The third-order valence-corrected chi connectivity index (χ3v) is 13.9. The van der Waals surface area contributed by atoms with E-state index >= 15 is 0 Å². The molecule has 12 aromatic rings. The number of para-hydroxylation sites is 1. The van der Waals surface area contributed by atoms with Gasteiger partial charge in [0.15, 0.2) is 0 Å². The van der Waals surface area contributed by atoms with Gasteiger partial charge in [0.2, 0.25) is 0 Å². The number of furan rings is 1. The lowest BCUT2D eigenvalue weighted by atomic mass is 9.67. The quantitative estimate of drug-likeness (QED) is 0.151. The molecule has 1 heterocycles. The first-order valence-electron chi connectivity index (χ1n) is 23.1. The molecule has 0 amide bonds. The molecule has 0 N–H and O–H groups in total. The maximum Gasteiger partial charge on any atom is 0.137 e. The Morgan fingerprint density at radius 1 is 0.313 bits per heavy atom. The maximum absolute atomic E-state index is 6.53. The smallest absolute Gasteiger partial charge is 0.137 e. The van der Waals surface area contributed by atoms with Crippen molar-refractivity contribution in [1.29, 1.82) is 0 Å². The van der Waals surface area contributed by atoms with E-state index in [2.05, 4.69) is 260 Å². The van der Waals surface area contributed by atoms with Crippen molar-refractivity contribution < 1.29 is 4.42 Å². The summed E-state index contributed by atoms with van der Waals surface area (Å²) in [5.74, 6) is 0. The Bertz CT molecular complexity index is 3770. The first-order valence-corrected chi connectivity index (χ1v) is 23.1. The van der Waals surface area contributed by atoms with E-state index in [1.807, 2.05) is 6.07 Å². The molecule has 67 heavy (non-hydrogen) atoms. The van der Waals surface area contributed by atoms with E-state index in [-0.39, 0.29) is 0 Å². The van der Waals surface area contributed by atoms with Gasteiger partial charge in [0, 0.05) is 16.8 Å². The molecule has 1 aliphatic rings. The van der Waals surface area contributed by atoms with Crippen molar-refractivity contribution in [2.45, 2.75) is 5.41 Å². The Labute approximate surface area is 390 Å². The minimum absolute atomic E-state index is 0.533. The number of benzene rings is 11. The van der Waals surface area contributed by atoms with Crippen molar-refractivity contribution in [3.8, 4) is 44.5 Å². The summed E-state index contributed by atoms with van der Waals surface area (Å²) in [6, 6.07) is 95.1. The summed E-state index contributed by atoms with van der Waals surface area (Å²) in [7, 11) is 0. The van der Waals surface area contributed by atoms with Crippen LogP contribution in [0.25, 0.3) is 77.2 Å². The van der Waals surface area contributed by atoms with Crippen LogP contribution in [0.15, 0.2) is 265 Å². The number of rotatable bonds is 8. The Morgan fingerprint density at radius 3 is 1.58 bits per heavy atom. The highest BCUT2D eigenvalue weighted by Crippen LogP contribution is 2.57. The molecule has 1 aromatic heterocycles. The van der Waals surface area contributed by atoms with E-state index in [1.54, 1.807) is 0 Å². The third-order valence-electron chi connectivity index (χ3n) is 13.9. The van der Waals surface area contributed by atoms with Gasteiger partial charge in [-0.2, -0.15) is 0 Å². The molecule has 0 aliphatic heterocycles. The van der Waals surface area contributed by atoms with Crippen LogP contribution in [0.4, 0.5) is 17.1 Å². The van der Waals surface area contributed by atoms with Crippen LogP contribution in [0.5, 0.6) is 0 Å². The minimum atomic E-state index is -0.533. The molecule has 0 saturated carbocycles. The van der Waals surface area contributed by atoms with Gasteiger partial charge in [0.1, 0.15) is 11.2 Å². The number of anilines is 3. The van der Waals surface area contributed by atoms with E-state index in [0.717, 1.165) is 44.6 Å². The first-order chi connectivity index (χ1) is 33.2. The summed E-state index contributed by atoms with van der Waals surface area (Å²) in [6.07, 6.45) is 0. The fraction of sp³-hybridized carbons (Fsp3) is 0.0154. The Hall–Kier alpha value is -8.72. The molecule has 2 nitrogen and oxygen atoms in total. The second-order valence-electron chi connectivity index (χ2n) is 17.6. The molecule has 0 spiro atoms. The molecule has 13 rings (SSSR count). The molecular formula is C65H43NO. The van der Waals surface area contributed by atoms with Crippen LogP contribution in [0.1, 0.15) is 22.3 Å². The van der Waals surface area contributed by atoms with Gasteiger partial charge in [0.05, 0.1) is 16.5 Å². The van der Waals surface area contributed by atoms with Crippen molar-refractivity contribution in [3.63, 3.8) is 0 Å².